The van der Waals surface area contributed by atoms with Gasteiger partial charge in [0.05, 0.1) is 19.0 Å². The molecule has 3 aromatic rings. The largest absolute Gasteiger partial charge is 0.495 e. The van der Waals surface area contributed by atoms with Crippen LogP contribution >= 0.6 is 0 Å². The highest BCUT2D eigenvalue weighted by Crippen LogP contribution is 2.22. The van der Waals surface area contributed by atoms with E-state index in [1.807, 2.05) is 36.4 Å². The van der Waals surface area contributed by atoms with Crippen molar-refractivity contribution >= 4 is 11.7 Å². The van der Waals surface area contributed by atoms with Gasteiger partial charge >= 0.3 is 5.97 Å². The molecule has 0 unspecified atom stereocenters. The van der Waals surface area contributed by atoms with Gasteiger partial charge in [-0.1, -0.05) is 12.1 Å². The number of anilines is 1. The maximum absolute atomic E-state index is 10.9. The van der Waals surface area contributed by atoms with E-state index in [1.54, 1.807) is 26.3 Å². The Kier molecular flexibility index (Phi) is 4.70. The summed E-state index contributed by atoms with van der Waals surface area (Å²) >= 11 is 0. The lowest BCUT2D eigenvalue weighted by molar-refractivity contribution is 0.0661. The summed E-state index contributed by atoms with van der Waals surface area (Å²) in [5.41, 5.74) is 3.61. The number of aromatic carboxylic acids is 1. The molecular weight excluding hydrogens is 320 g/mol. The molecule has 128 valence electrons. The molecule has 1 aromatic carbocycles. The van der Waals surface area contributed by atoms with E-state index in [9.17, 15) is 4.79 Å². The van der Waals surface area contributed by atoms with E-state index in [0.717, 1.165) is 28.3 Å². The van der Waals surface area contributed by atoms with Gasteiger partial charge in [-0.05, 0) is 37.3 Å². The van der Waals surface area contributed by atoms with Crippen LogP contribution in [0.15, 0.2) is 53.1 Å². The average Bonchev–Trinajstić information content (AvgIpc) is 3.02. The predicted octanol–water partition coefficient (Wildman–Crippen LogP) is 3.97. The molecule has 0 radical (unpaired) electrons. The predicted molar refractivity (Wildman–Crippen MR) is 94.0 cm³/mol. The maximum Gasteiger partial charge on any atom is 0.371 e. The normalized spacial score (nSPS) is 10.5. The summed E-state index contributed by atoms with van der Waals surface area (Å²) in [5, 5.41) is 12.2. The number of carbonyl (C=O) groups is 1. The Bertz CT molecular complexity index is 867. The molecule has 0 saturated heterocycles. The van der Waals surface area contributed by atoms with Crippen LogP contribution in [0.25, 0.3) is 11.3 Å². The lowest BCUT2D eigenvalue weighted by Crippen LogP contribution is -1.99. The third kappa shape index (κ3) is 3.80. The Morgan fingerprint density at radius 1 is 1.24 bits per heavy atom. The number of aromatic nitrogens is 1. The quantitative estimate of drug-likeness (QED) is 0.707. The van der Waals surface area contributed by atoms with Crippen molar-refractivity contribution in [1.82, 2.24) is 4.98 Å². The van der Waals surface area contributed by atoms with Gasteiger partial charge in [0.25, 0.3) is 0 Å². The molecule has 0 saturated carbocycles. The fourth-order valence-corrected chi connectivity index (χ4v) is 2.43. The monoisotopic (exact) mass is 338 g/mol. The molecule has 0 aliphatic rings. The number of benzene rings is 1. The van der Waals surface area contributed by atoms with Crippen LogP contribution in [0.1, 0.15) is 21.9 Å². The maximum atomic E-state index is 10.9. The van der Waals surface area contributed by atoms with Crippen molar-refractivity contribution in [3.63, 3.8) is 0 Å². The molecule has 0 amide bonds. The molecule has 25 heavy (non-hydrogen) atoms. The first-order valence-electron chi connectivity index (χ1n) is 7.74. The molecule has 0 atom stereocenters. The third-order valence-corrected chi connectivity index (χ3v) is 3.87. The summed E-state index contributed by atoms with van der Waals surface area (Å²) in [7, 11) is 1.61. The lowest BCUT2D eigenvalue weighted by Gasteiger charge is -2.07. The van der Waals surface area contributed by atoms with E-state index in [2.05, 4.69) is 10.3 Å². The molecule has 2 aromatic heterocycles. The molecule has 0 fully saturated rings. The van der Waals surface area contributed by atoms with Crippen LogP contribution in [-0.4, -0.2) is 23.2 Å². The van der Waals surface area contributed by atoms with Crippen LogP contribution in [0.5, 0.6) is 5.75 Å². The van der Waals surface area contributed by atoms with Gasteiger partial charge in [-0.15, -0.1) is 0 Å². The molecule has 6 heteroatoms. The Hall–Kier alpha value is -3.28. The number of ether oxygens (including phenoxy) is 1. The SMILES string of the molecule is COc1ccc(-c2ccc(NCc3cc(C(=O)O)oc3C)cc2)nc1. The fraction of sp³-hybridized carbons (Fsp3) is 0.158. The van der Waals surface area contributed by atoms with Crippen LogP contribution < -0.4 is 10.1 Å². The number of furan rings is 1. The molecular formula is C19H18N2O4. The summed E-state index contributed by atoms with van der Waals surface area (Å²) in [6.45, 7) is 2.24. The van der Waals surface area contributed by atoms with E-state index in [-0.39, 0.29) is 5.76 Å². The number of pyridine rings is 1. The van der Waals surface area contributed by atoms with Crippen LogP contribution in [0.3, 0.4) is 0 Å². The molecule has 6 nitrogen and oxygen atoms in total. The first-order valence-corrected chi connectivity index (χ1v) is 7.74. The number of carboxylic acid groups (broad SMARTS) is 1. The number of nitrogens with one attached hydrogen (secondary N) is 1. The molecule has 3 rings (SSSR count). The zero-order valence-corrected chi connectivity index (χ0v) is 13.9. The standard InChI is InChI=1S/C19H18N2O4/c1-12-14(9-18(25-12)19(22)23)10-20-15-5-3-13(4-6-15)17-8-7-16(24-2)11-21-17/h3-9,11,20H,10H2,1-2H3,(H,22,23). The number of nitrogens with zero attached hydrogens (tertiary/aromatic N) is 1. The molecule has 2 N–H and O–H groups in total. The molecule has 0 spiro atoms. The van der Waals surface area contributed by atoms with Crippen molar-refractivity contribution in [1.29, 1.82) is 0 Å². The van der Waals surface area contributed by atoms with Gasteiger partial charge in [0, 0.05) is 23.4 Å². The fourth-order valence-electron chi connectivity index (χ4n) is 2.43. The first kappa shape index (κ1) is 16.6. The Labute approximate surface area is 145 Å². The van der Waals surface area contributed by atoms with Crippen molar-refractivity contribution in [2.75, 3.05) is 12.4 Å². The minimum atomic E-state index is -1.06. The van der Waals surface area contributed by atoms with E-state index >= 15 is 0 Å². The van der Waals surface area contributed by atoms with Crippen molar-refractivity contribution in [3.05, 3.63) is 65.7 Å². The van der Waals surface area contributed by atoms with Crippen molar-refractivity contribution < 1.29 is 19.1 Å². The number of aryl methyl sites for hydroxylation is 1. The van der Waals surface area contributed by atoms with E-state index in [4.69, 9.17) is 14.3 Å². The minimum absolute atomic E-state index is 0.0461. The van der Waals surface area contributed by atoms with Gasteiger partial charge in [0.1, 0.15) is 11.5 Å². The summed E-state index contributed by atoms with van der Waals surface area (Å²) in [5.74, 6) is 0.211. The second-order valence-corrected chi connectivity index (χ2v) is 5.51. The highest BCUT2D eigenvalue weighted by molar-refractivity contribution is 5.84. The summed E-state index contributed by atoms with van der Waals surface area (Å²) in [4.78, 5) is 15.3. The smallest absolute Gasteiger partial charge is 0.371 e. The number of carboxylic acids is 1. The van der Waals surface area contributed by atoms with Gasteiger partial charge in [-0.2, -0.15) is 0 Å². The second-order valence-electron chi connectivity index (χ2n) is 5.51. The highest BCUT2D eigenvalue weighted by Gasteiger charge is 2.12. The number of hydrogen-bond acceptors (Lipinski definition) is 5. The Balaban J connectivity index is 1.67. The van der Waals surface area contributed by atoms with Gasteiger partial charge < -0.3 is 19.6 Å². The van der Waals surface area contributed by atoms with Crippen molar-refractivity contribution in [2.45, 2.75) is 13.5 Å². The molecule has 2 heterocycles. The second kappa shape index (κ2) is 7.09. The Morgan fingerprint density at radius 2 is 2.00 bits per heavy atom. The summed E-state index contributed by atoms with van der Waals surface area (Å²) < 4.78 is 10.3. The molecule has 0 aliphatic carbocycles. The van der Waals surface area contributed by atoms with Crippen LogP contribution in [0.4, 0.5) is 5.69 Å². The zero-order valence-electron chi connectivity index (χ0n) is 13.9. The van der Waals surface area contributed by atoms with E-state index in [1.165, 1.54) is 0 Å². The number of rotatable bonds is 6. The van der Waals surface area contributed by atoms with Crippen LogP contribution in [0, 0.1) is 6.92 Å². The van der Waals surface area contributed by atoms with Gasteiger partial charge in [-0.25, -0.2) is 4.79 Å². The summed E-state index contributed by atoms with van der Waals surface area (Å²) in [6, 6.07) is 13.2. The first-order chi connectivity index (χ1) is 12.1. The van der Waals surface area contributed by atoms with Crippen molar-refractivity contribution in [3.8, 4) is 17.0 Å². The van der Waals surface area contributed by atoms with Gasteiger partial charge in [0.15, 0.2) is 0 Å². The van der Waals surface area contributed by atoms with Crippen LogP contribution in [-0.2, 0) is 6.54 Å². The molecule has 0 aliphatic heterocycles. The lowest BCUT2D eigenvalue weighted by atomic mass is 10.1. The average molecular weight is 338 g/mol. The van der Waals surface area contributed by atoms with Gasteiger partial charge in [0.2, 0.25) is 5.76 Å². The number of hydrogen-bond donors (Lipinski definition) is 2. The minimum Gasteiger partial charge on any atom is -0.495 e. The van der Waals surface area contributed by atoms with E-state index in [0.29, 0.717) is 12.3 Å². The van der Waals surface area contributed by atoms with Crippen molar-refractivity contribution in [2.24, 2.45) is 0 Å². The Morgan fingerprint density at radius 3 is 2.56 bits per heavy atom. The van der Waals surface area contributed by atoms with Crippen LogP contribution in [0.2, 0.25) is 0 Å². The third-order valence-electron chi connectivity index (χ3n) is 3.87. The zero-order chi connectivity index (χ0) is 17.8. The van der Waals surface area contributed by atoms with Gasteiger partial charge in [-0.3, -0.25) is 4.98 Å². The number of methoxy groups -OCH3 is 1. The highest BCUT2D eigenvalue weighted by atomic mass is 16.5. The van der Waals surface area contributed by atoms with E-state index < -0.39 is 5.97 Å². The topological polar surface area (TPSA) is 84.6 Å². The summed E-state index contributed by atoms with van der Waals surface area (Å²) in [6.07, 6.45) is 1.68. The molecule has 0 bridgehead atoms.